The lowest BCUT2D eigenvalue weighted by molar-refractivity contribution is 0.461. The van der Waals surface area contributed by atoms with E-state index in [0.29, 0.717) is 24.1 Å². The van der Waals surface area contributed by atoms with E-state index >= 15 is 0 Å². The van der Waals surface area contributed by atoms with Crippen molar-refractivity contribution in [1.29, 1.82) is 0 Å². The SMILES string of the molecule is Cc1cc(NCc2ccccc2F)nc(NC2CCCCC2)n1. The van der Waals surface area contributed by atoms with E-state index in [-0.39, 0.29) is 5.82 Å². The van der Waals surface area contributed by atoms with E-state index in [1.165, 1.54) is 38.2 Å². The zero-order valence-electron chi connectivity index (χ0n) is 13.5. The van der Waals surface area contributed by atoms with Crippen molar-refractivity contribution >= 4 is 11.8 Å². The Morgan fingerprint density at radius 1 is 1.13 bits per heavy atom. The quantitative estimate of drug-likeness (QED) is 0.865. The molecule has 0 atom stereocenters. The molecule has 3 rings (SSSR count). The molecule has 0 unspecified atom stereocenters. The summed E-state index contributed by atoms with van der Waals surface area (Å²) in [5.41, 5.74) is 1.53. The molecule has 5 heteroatoms. The van der Waals surface area contributed by atoms with Crippen molar-refractivity contribution in [3.63, 3.8) is 0 Å². The minimum atomic E-state index is -0.202. The van der Waals surface area contributed by atoms with Crippen LogP contribution in [-0.4, -0.2) is 16.0 Å². The summed E-state index contributed by atoms with van der Waals surface area (Å²) in [4.78, 5) is 8.98. The van der Waals surface area contributed by atoms with Gasteiger partial charge in [0, 0.05) is 29.9 Å². The normalized spacial score (nSPS) is 15.4. The number of rotatable bonds is 5. The van der Waals surface area contributed by atoms with Crippen LogP contribution in [0.4, 0.5) is 16.2 Å². The largest absolute Gasteiger partial charge is 0.366 e. The predicted octanol–water partition coefficient (Wildman–Crippen LogP) is 4.28. The molecule has 1 aromatic carbocycles. The molecule has 0 radical (unpaired) electrons. The molecule has 1 fully saturated rings. The molecule has 4 nitrogen and oxygen atoms in total. The van der Waals surface area contributed by atoms with Gasteiger partial charge in [-0.2, -0.15) is 4.98 Å². The Kier molecular flexibility index (Phi) is 5.05. The van der Waals surface area contributed by atoms with Gasteiger partial charge in [-0.05, 0) is 25.8 Å². The van der Waals surface area contributed by atoms with E-state index in [2.05, 4.69) is 20.6 Å². The molecule has 1 heterocycles. The third kappa shape index (κ3) is 4.41. The first-order chi connectivity index (χ1) is 11.2. The molecule has 0 spiro atoms. The molecule has 122 valence electrons. The van der Waals surface area contributed by atoms with Crippen LogP contribution in [0.1, 0.15) is 43.4 Å². The van der Waals surface area contributed by atoms with E-state index in [0.717, 1.165) is 11.5 Å². The standard InChI is InChI=1S/C18H23FN4/c1-13-11-17(20-12-14-7-5-6-10-16(14)19)23-18(21-13)22-15-8-3-2-4-9-15/h5-7,10-11,15H,2-4,8-9,12H2,1H3,(H2,20,21,22,23). The number of nitrogens with zero attached hydrogens (tertiary/aromatic N) is 2. The van der Waals surface area contributed by atoms with Crippen molar-refractivity contribution in [1.82, 2.24) is 9.97 Å². The molecular weight excluding hydrogens is 291 g/mol. The molecule has 0 bridgehead atoms. The van der Waals surface area contributed by atoms with Crippen LogP contribution in [0.5, 0.6) is 0 Å². The monoisotopic (exact) mass is 314 g/mol. The number of nitrogens with one attached hydrogen (secondary N) is 2. The van der Waals surface area contributed by atoms with Crippen molar-refractivity contribution in [3.8, 4) is 0 Å². The van der Waals surface area contributed by atoms with Gasteiger partial charge >= 0.3 is 0 Å². The van der Waals surface area contributed by atoms with E-state index in [4.69, 9.17) is 0 Å². The van der Waals surface area contributed by atoms with E-state index in [1.54, 1.807) is 12.1 Å². The van der Waals surface area contributed by atoms with Gasteiger partial charge in [0.2, 0.25) is 5.95 Å². The first kappa shape index (κ1) is 15.7. The molecule has 2 N–H and O–H groups in total. The Bertz CT molecular complexity index is 653. The Morgan fingerprint density at radius 2 is 1.91 bits per heavy atom. The van der Waals surface area contributed by atoms with Crippen LogP contribution in [0.25, 0.3) is 0 Å². The van der Waals surface area contributed by atoms with Crippen molar-refractivity contribution in [2.45, 2.75) is 51.6 Å². The maximum Gasteiger partial charge on any atom is 0.225 e. The topological polar surface area (TPSA) is 49.8 Å². The summed E-state index contributed by atoms with van der Waals surface area (Å²) >= 11 is 0. The summed E-state index contributed by atoms with van der Waals surface area (Å²) in [5.74, 6) is 1.18. The summed E-state index contributed by atoms with van der Waals surface area (Å²) in [6.07, 6.45) is 6.20. The molecular formula is C18H23FN4. The van der Waals surface area contributed by atoms with Crippen LogP contribution in [0, 0.1) is 12.7 Å². The van der Waals surface area contributed by atoms with Gasteiger partial charge < -0.3 is 10.6 Å². The first-order valence-electron chi connectivity index (χ1n) is 8.30. The average molecular weight is 314 g/mol. The number of hydrogen-bond acceptors (Lipinski definition) is 4. The van der Waals surface area contributed by atoms with Gasteiger partial charge in [0.05, 0.1) is 0 Å². The highest BCUT2D eigenvalue weighted by Gasteiger charge is 2.14. The summed E-state index contributed by atoms with van der Waals surface area (Å²) in [7, 11) is 0. The Hall–Kier alpha value is -2.17. The maximum absolute atomic E-state index is 13.7. The number of hydrogen-bond donors (Lipinski definition) is 2. The maximum atomic E-state index is 13.7. The molecule has 23 heavy (non-hydrogen) atoms. The Balaban J connectivity index is 1.66. The molecule has 1 aromatic heterocycles. The molecule has 0 saturated heterocycles. The van der Waals surface area contributed by atoms with Gasteiger partial charge in [0.25, 0.3) is 0 Å². The lowest BCUT2D eigenvalue weighted by Crippen LogP contribution is -2.23. The number of halogens is 1. The lowest BCUT2D eigenvalue weighted by atomic mass is 9.96. The minimum absolute atomic E-state index is 0.202. The summed E-state index contributed by atoms with van der Waals surface area (Å²) < 4.78 is 13.7. The van der Waals surface area contributed by atoms with Gasteiger partial charge in [-0.25, -0.2) is 9.37 Å². The fourth-order valence-corrected chi connectivity index (χ4v) is 2.98. The van der Waals surface area contributed by atoms with Crippen LogP contribution in [0.2, 0.25) is 0 Å². The van der Waals surface area contributed by atoms with Crippen LogP contribution >= 0.6 is 0 Å². The van der Waals surface area contributed by atoms with Gasteiger partial charge in [0.15, 0.2) is 0 Å². The van der Waals surface area contributed by atoms with E-state index in [1.807, 2.05) is 19.1 Å². The summed E-state index contributed by atoms with van der Waals surface area (Å²) in [6.45, 7) is 2.36. The molecule has 1 aliphatic carbocycles. The van der Waals surface area contributed by atoms with Crippen LogP contribution in [0.15, 0.2) is 30.3 Å². The van der Waals surface area contributed by atoms with Crippen LogP contribution < -0.4 is 10.6 Å². The minimum Gasteiger partial charge on any atom is -0.366 e. The van der Waals surface area contributed by atoms with Crippen molar-refractivity contribution in [2.24, 2.45) is 0 Å². The van der Waals surface area contributed by atoms with Crippen LogP contribution in [0.3, 0.4) is 0 Å². The van der Waals surface area contributed by atoms with Gasteiger partial charge in [0.1, 0.15) is 11.6 Å². The molecule has 1 aliphatic rings. The second-order valence-corrected chi connectivity index (χ2v) is 6.14. The van der Waals surface area contributed by atoms with E-state index in [9.17, 15) is 4.39 Å². The second-order valence-electron chi connectivity index (χ2n) is 6.14. The third-order valence-electron chi connectivity index (χ3n) is 4.21. The smallest absolute Gasteiger partial charge is 0.225 e. The first-order valence-corrected chi connectivity index (χ1v) is 8.30. The van der Waals surface area contributed by atoms with Crippen LogP contribution in [-0.2, 0) is 6.54 Å². The fraction of sp³-hybridized carbons (Fsp3) is 0.444. The highest BCUT2D eigenvalue weighted by Crippen LogP contribution is 2.21. The summed E-state index contributed by atoms with van der Waals surface area (Å²) in [6, 6.07) is 9.12. The highest BCUT2D eigenvalue weighted by atomic mass is 19.1. The lowest BCUT2D eigenvalue weighted by Gasteiger charge is -2.23. The van der Waals surface area contributed by atoms with E-state index < -0.39 is 0 Å². The molecule has 2 aromatic rings. The number of aryl methyl sites for hydroxylation is 1. The second kappa shape index (κ2) is 7.40. The number of benzene rings is 1. The zero-order valence-corrected chi connectivity index (χ0v) is 13.5. The predicted molar refractivity (Wildman–Crippen MR) is 91.0 cm³/mol. The number of anilines is 2. The molecule has 1 saturated carbocycles. The highest BCUT2D eigenvalue weighted by molar-refractivity contribution is 5.43. The van der Waals surface area contributed by atoms with Crippen molar-refractivity contribution in [3.05, 3.63) is 47.4 Å². The Morgan fingerprint density at radius 3 is 2.70 bits per heavy atom. The number of aromatic nitrogens is 2. The van der Waals surface area contributed by atoms with Gasteiger partial charge in [-0.15, -0.1) is 0 Å². The third-order valence-corrected chi connectivity index (χ3v) is 4.21. The van der Waals surface area contributed by atoms with Gasteiger partial charge in [-0.1, -0.05) is 37.5 Å². The van der Waals surface area contributed by atoms with Gasteiger partial charge in [-0.3, -0.25) is 0 Å². The van der Waals surface area contributed by atoms with Crippen molar-refractivity contribution < 1.29 is 4.39 Å². The zero-order chi connectivity index (χ0) is 16.1. The average Bonchev–Trinajstić information content (AvgIpc) is 2.54. The molecule has 0 amide bonds. The fourth-order valence-electron chi connectivity index (χ4n) is 2.98. The Labute approximate surface area is 136 Å². The molecule has 0 aliphatic heterocycles. The van der Waals surface area contributed by atoms with Crippen molar-refractivity contribution in [2.75, 3.05) is 10.6 Å². The summed E-state index contributed by atoms with van der Waals surface area (Å²) in [5, 5.41) is 6.62.